The highest BCUT2D eigenvalue weighted by Crippen LogP contribution is 2.14. The van der Waals surface area contributed by atoms with Crippen molar-refractivity contribution in [3.05, 3.63) is 35.2 Å². The fraction of sp³-hybridized carbons (Fsp3) is 0.111. The summed E-state index contributed by atoms with van der Waals surface area (Å²) < 4.78 is 5.09. The van der Waals surface area contributed by atoms with Crippen LogP contribution in [0.1, 0.15) is 18.4 Å². The molecule has 0 radical (unpaired) electrons. The van der Waals surface area contributed by atoms with Crippen molar-refractivity contribution in [1.82, 2.24) is 4.98 Å². The van der Waals surface area contributed by atoms with E-state index < -0.39 is 0 Å². The third-order valence-corrected chi connectivity index (χ3v) is 1.55. The molecule has 11 heavy (non-hydrogen) atoms. The van der Waals surface area contributed by atoms with Crippen molar-refractivity contribution in [3.8, 4) is 0 Å². The summed E-state index contributed by atoms with van der Waals surface area (Å²) in [6, 6.07) is 0. The maximum Gasteiger partial charge on any atom is 0.182 e. The summed E-state index contributed by atoms with van der Waals surface area (Å²) >= 11 is 0. The topological polar surface area (TPSA) is 26.0 Å². The lowest BCUT2D eigenvalue weighted by molar-refractivity contribution is 0.548. The van der Waals surface area contributed by atoms with Crippen LogP contribution in [0.2, 0.25) is 0 Å². The zero-order valence-electron chi connectivity index (χ0n) is 6.16. The Labute approximate surface area is 64.6 Å². The van der Waals surface area contributed by atoms with Gasteiger partial charge in [-0.15, -0.1) is 5.73 Å². The first-order valence-corrected chi connectivity index (χ1v) is 3.41. The van der Waals surface area contributed by atoms with Gasteiger partial charge in [-0.1, -0.05) is 0 Å². The van der Waals surface area contributed by atoms with Crippen molar-refractivity contribution in [2.24, 2.45) is 0 Å². The Morgan fingerprint density at radius 1 is 1.45 bits per heavy atom. The second-order valence-electron chi connectivity index (χ2n) is 2.41. The molecule has 0 atom stereocenters. The van der Waals surface area contributed by atoms with Crippen molar-refractivity contribution in [2.75, 3.05) is 0 Å². The summed E-state index contributed by atoms with van der Waals surface area (Å²) in [5.41, 5.74) is 5.01. The average Bonchev–Trinajstić information content (AvgIpc) is 2.38. The fourth-order valence-electron chi connectivity index (χ4n) is 0.928. The predicted molar refractivity (Wildman–Crippen MR) is 42.7 cm³/mol. The van der Waals surface area contributed by atoms with Crippen LogP contribution in [0.25, 0.3) is 12.2 Å². The molecule has 1 aromatic heterocycles. The maximum atomic E-state index is 5.09. The monoisotopic (exact) mass is 145 g/mol. The molecule has 1 aromatic rings. The van der Waals surface area contributed by atoms with E-state index in [-0.39, 0.29) is 0 Å². The normalized spacial score (nSPS) is 14.1. The van der Waals surface area contributed by atoms with Gasteiger partial charge in [0.25, 0.3) is 0 Å². The number of rotatable bonds is 0. The molecule has 0 saturated heterocycles. The molecular weight excluding hydrogens is 138 g/mol. The van der Waals surface area contributed by atoms with Crippen molar-refractivity contribution in [3.63, 3.8) is 0 Å². The number of fused-ring (bicyclic) bond motifs is 1. The van der Waals surface area contributed by atoms with Crippen LogP contribution in [-0.4, -0.2) is 4.98 Å². The van der Waals surface area contributed by atoms with Gasteiger partial charge < -0.3 is 4.42 Å². The molecule has 0 bridgehead atoms. The molecule has 0 spiro atoms. The zero-order chi connectivity index (χ0) is 7.68. The summed E-state index contributed by atoms with van der Waals surface area (Å²) in [6.45, 7) is 1.98. The highest BCUT2D eigenvalue weighted by Gasteiger charge is 2.01. The number of hydrogen-bond acceptors (Lipinski definition) is 2. The second kappa shape index (κ2) is 2.26. The Morgan fingerprint density at radius 3 is 3.27 bits per heavy atom. The SMILES string of the molecule is CC1=C=Cc2ocnc2C=C1. The van der Waals surface area contributed by atoms with Crippen molar-refractivity contribution in [2.45, 2.75) is 6.92 Å². The molecule has 1 aliphatic carbocycles. The summed E-state index contributed by atoms with van der Waals surface area (Å²) in [6.07, 6.45) is 7.13. The standard InChI is InChI=1S/C9H7NO/c1-7-2-4-8-9(5-3-7)11-6-10-8/h2,4-6H,1H3. The van der Waals surface area contributed by atoms with Gasteiger partial charge in [0.15, 0.2) is 12.2 Å². The maximum absolute atomic E-state index is 5.09. The lowest BCUT2D eigenvalue weighted by Gasteiger charge is -1.81. The van der Waals surface area contributed by atoms with Gasteiger partial charge in [0.05, 0.1) is 0 Å². The Balaban J connectivity index is 2.63. The smallest absolute Gasteiger partial charge is 0.182 e. The zero-order valence-corrected chi connectivity index (χ0v) is 6.16. The summed E-state index contributed by atoms with van der Waals surface area (Å²) in [7, 11) is 0. The first-order valence-electron chi connectivity index (χ1n) is 3.41. The number of nitrogens with zero attached hydrogens (tertiary/aromatic N) is 1. The van der Waals surface area contributed by atoms with Gasteiger partial charge in [-0.05, 0) is 24.6 Å². The minimum Gasteiger partial charge on any atom is -0.443 e. The van der Waals surface area contributed by atoms with Crippen LogP contribution in [0.4, 0.5) is 0 Å². The predicted octanol–water partition coefficient (Wildman–Crippen LogP) is 2.26. The van der Waals surface area contributed by atoms with Crippen molar-refractivity contribution >= 4 is 12.2 Å². The van der Waals surface area contributed by atoms with Crippen molar-refractivity contribution < 1.29 is 4.42 Å². The van der Waals surface area contributed by atoms with E-state index in [1.165, 1.54) is 6.39 Å². The molecule has 0 fully saturated rings. The number of aromatic nitrogens is 1. The third-order valence-electron chi connectivity index (χ3n) is 1.55. The first-order chi connectivity index (χ1) is 5.36. The Morgan fingerprint density at radius 2 is 2.36 bits per heavy atom. The molecule has 0 N–H and O–H groups in total. The van der Waals surface area contributed by atoms with Gasteiger partial charge in [-0.25, -0.2) is 4.98 Å². The van der Waals surface area contributed by atoms with Gasteiger partial charge in [-0.2, -0.15) is 0 Å². The molecule has 0 aliphatic heterocycles. The number of hydrogen-bond donors (Lipinski definition) is 0. The van der Waals surface area contributed by atoms with Crippen LogP contribution in [0.3, 0.4) is 0 Å². The number of oxazole rings is 1. The molecule has 0 amide bonds. The van der Waals surface area contributed by atoms with Crippen LogP contribution in [0, 0.1) is 0 Å². The van der Waals surface area contributed by atoms with E-state index in [2.05, 4.69) is 10.7 Å². The van der Waals surface area contributed by atoms with Crippen LogP contribution in [-0.2, 0) is 0 Å². The molecule has 2 nitrogen and oxygen atoms in total. The fourth-order valence-corrected chi connectivity index (χ4v) is 0.928. The Hall–Kier alpha value is -1.53. The van der Waals surface area contributed by atoms with Gasteiger partial charge in [-0.3, -0.25) is 0 Å². The van der Waals surface area contributed by atoms with E-state index in [9.17, 15) is 0 Å². The quantitative estimate of drug-likeness (QED) is 0.523. The first kappa shape index (κ1) is 6.20. The minimum atomic E-state index is 0.776. The van der Waals surface area contributed by atoms with Crippen LogP contribution < -0.4 is 0 Å². The van der Waals surface area contributed by atoms with Gasteiger partial charge in [0.1, 0.15) is 5.69 Å². The molecule has 0 saturated carbocycles. The van der Waals surface area contributed by atoms with Crippen LogP contribution >= 0.6 is 0 Å². The molecule has 2 rings (SSSR count). The van der Waals surface area contributed by atoms with Crippen LogP contribution in [0.15, 0.2) is 28.2 Å². The van der Waals surface area contributed by atoms with Crippen molar-refractivity contribution in [1.29, 1.82) is 0 Å². The molecule has 54 valence electrons. The highest BCUT2D eigenvalue weighted by molar-refractivity contribution is 5.62. The Kier molecular flexibility index (Phi) is 1.27. The van der Waals surface area contributed by atoms with Gasteiger partial charge in [0.2, 0.25) is 0 Å². The molecule has 0 aromatic carbocycles. The van der Waals surface area contributed by atoms with Gasteiger partial charge >= 0.3 is 0 Å². The highest BCUT2D eigenvalue weighted by atomic mass is 16.3. The summed E-state index contributed by atoms with van der Waals surface area (Å²) in [5, 5.41) is 0. The summed E-state index contributed by atoms with van der Waals surface area (Å²) in [5.74, 6) is 0.776. The lowest BCUT2D eigenvalue weighted by Crippen LogP contribution is -1.71. The second-order valence-corrected chi connectivity index (χ2v) is 2.41. The Bertz CT molecular complexity index is 365. The molecule has 0 unspecified atom stereocenters. The minimum absolute atomic E-state index is 0.776. The van der Waals surface area contributed by atoms with Crippen LogP contribution in [0.5, 0.6) is 0 Å². The van der Waals surface area contributed by atoms with E-state index >= 15 is 0 Å². The summed E-state index contributed by atoms with van der Waals surface area (Å²) in [4.78, 5) is 4.01. The molecule has 1 aliphatic rings. The van der Waals surface area contributed by atoms with E-state index in [0.29, 0.717) is 0 Å². The molecule has 2 heteroatoms. The molecule has 1 heterocycles. The number of allylic oxidation sites excluding steroid dienone is 2. The third kappa shape index (κ3) is 1.04. The largest absolute Gasteiger partial charge is 0.443 e. The lowest BCUT2D eigenvalue weighted by atomic mass is 10.3. The van der Waals surface area contributed by atoms with E-state index in [1.807, 2.05) is 19.1 Å². The van der Waals surface area contributed by atoms with E-state index in [4.69, 9.17) is 4.42 Å². The average molecular weight is 145 g/mol. The molecular formula is C9H7NO. The van der Waals surface area contributed by atoms with Gasteiger partial charge in [0, 0.05) is 6.08 Å². The van der Waals surface area contributed by atoms with E-state index in [0.717, 1.165) is 17.0 Å². The van der Waals surface area contributed by atoms with E-state index in [1.54, 1.807) is 6.08 Å².